The van der Waals surface area contributed by atoms with Crippen molar-refractivity contribution in [3.05, 3.63) is 52.8 Å². The first kappa shape index (κ1) is 19.5. The Morgan fingerprint density at radius 2 is 1.79 bits per heavy atom. The van der Waals surface area contributed by atoms with Gasteiger partial charge in [0, 0.05) is 21.7 Å². The van der Waals surface area contributed by atoms with Crippen molar-refractivity contribution >= 4 is 27.7 Å². The quantitative estimate of drug-likeness (QED) is 0.347. The Labute approximate surface area is 178 Å². The van der Waals surface area contributed by atoms with Crippen LogP contribution in [0.5, 0.6) is 11.5 Å². The van der Waals surface area contributed by atoms with Gasteiger partial charge in [-0.25, -0.2) is 0 Å². The van der Waals surface area contributed by atoms with Crippen LogP contribution in [0.15, 0.2) is 61.1 Å². The maximum Gasteiger partial charge on any atom is 0.277 e. The Balaban J connectivity index is 1.45. The summed E-state index contributed by atoms with van der Waals surface area (Å²) in [5, 5.41) is 12.6. The predicted octanol–water partition coefficient (Wildman–Crippen LogP) is 4.86. The summed E-state index contributed by atoms with van der Waals surface area (Å²) in [6.07, 6.45) is 0. The molecule has 0 N–H and O–H groups in total. The zero-order chi connectivity index (χ0) is 20.2. The highest BCUT2D eigenvalue weighted by Gasteiger charge is 2.14. The average Bonchev–Trinajstić information content (AvgIpc) is 3.41. The van der Waals surface area contributed by atoms with E-state index >= 15 is 0 Å². The fourth-order valence-electron chi connectivity index (χ4n) is 2.50. The fourth-order valence-corrected chi connectivity index (χ4v) is 3.50. The lowest BCUT2D eigenvalue weighted by molar-refractivity contribution is 0.390. The molecule has 0 radical (unpaired) electrons. The van der Waals surface area contributed by atoms with Crippen molar-refractivity contribution in [2.24, 2.45) is 0 Å². The summed E-state index contributed by atoms with van der Waals surface area (Å²) in [5.41, 5.74) is 1.57. The van der Waals surface area contributed by atoms with Crippen LogP contribution in [0.25, 0.3) is 22.8 Å². The topological polar surface area (TPSA) is 96.3 Å². The van der Waals surface area contributed by atoms with E-state index in [4.69, 9.17) is 18.4 Å². The van der Waals surface area contributed by atoms with Crippen LogP contribution in [-0.2, 0) is 5.75 Å². The first-order valence-electron chi connectivity index (χ1n) is 8.43. The van der Waals surface area contributed by atoms with Gasteiger partial charge in [-0.05, 0) is 24.3 Å². The molecule has 0 saturated carbocycles. The largest absolute Gasteiger partial charge is 0.497 e. The number of hydrogen-bond donors (Lipinski definition) is 0. The van der Waals surface area contributed by atoms with Crippen LogP contribution in [0.4, 0.5) is 0 Å². The predicted molar refractivity (Wildman–Crippen MR) is 110 cm³/mol. The minimum Gasteiger partial charge on any atom is -0.497 e. The lowest BCUT2D eigenvalue weighted by Gasteiger charge is -2.05. The Kier molecular flexibility index (Phi) is 5.81. The molecule has 0 bridgehead atoms. The van der Waals surface area contributed by atoms with Gasteiger partial charge in [0.1, 0.15) is 11.5 Å². The van der Waals surface area contributed by atoms with Crippen LogP contribution in [0.1, 0.15) is 5.89 Å². The Morgan fingerprint density at radius 3 is 2.52 bits per heavy atom. The van der Waals surface area contributed by atoms with Crippen LogP contribution in [0.2, 0.25) is 0 Å². The van der Waals surface area contributed by atoms with E-state index < -0.39 is 0 Å². The molecule has 0 fully saturated rings. The minimum atomic E-state index is 0.366. The monoisotopic (exact) mass is 474 g/mol. The van der Waals surface area contributed by atoms with E-state index in [0.29, 0.717) is 45.6 Å². The molecule has 10 heteroatoms. The summed E-state index contributed by atoms with van der Waals surface area (Å²) in [4.78, 5) is 4.40. The van der Waals surface area contributed by atoms with Crippen LogP contribution in [0.3, 0.4) is 0 Å². The summed E-state index contributed by atoms with van der Waals surface area (Å²) in [6, 6.07) is 13.1. The molecule has 2 aromatic heterocycles. The molecule has 2 heterocycles. The van der Waals surface area contributed by atoms with E-state index in [1.165, 1.54) is 11.8 Å². The number of nitrogens with zero attached hydrogens (tertiary/aromatic N) is 4. The molecule has 148 valence electrons. The summed E-state index contributed by atoms with van der Waals surface area (Å²) >= 11 is 4.75. The molecule has 4 rings (SSSR count). The number of hydrogen-bond acceptors (Lipinski definition) is 9. The molecule has 0 aliphatic carbocycles. The van der Waals surface area contributed by atoms with Crippen molar-refractivity contribution in [3.8, 4) is 34.3 Å². The normalized spacial score (nSPS) is 10.9. The SMILES string of the molecule is COc1cc(OC)cc(-c2nnc(SCc3nc(-c4cccc(Br)c4)no3)o2)c1. The highest BCUT2D eigenvalue weighted by atomic mass is 79.9. The molecule has 0 spiro atoms. The van der Waals surface area contributed by atoms with Crippen molar-refractivity contribution in [2.45, 2.75) is 11.0 Å². The molecule has 0 aliphatic heterocycles. The van der Waals surface area contributed by atoms with Crippen LogP contribution < -0.4 is 9.47 Å². The number of aromatic nitrogens is 4. The van der Waals surface area contributed by atoms with E-state index in [2.05, 4.69) is 36.3 Å². The van der Waals surface area contributed by atoms with E-state index in [-0.39, 0.29) is 0 Å². The fraction of sp³-hybridized carbons (Fsp3) is 0.158. The molecule has 29 heavy (non-hydrogen) atoms. The van der Waals surface area contributed by atoms with Gasteiger partial charge in [-0.3, -0.25) is 0 Å². The van der Waals surface area contributed by atoms with Crippen LogP contribution in [-0.4, -0.2) is 34.6 Å². The zero-order valence-corrected chi connectivity index (χ0v) is 17.9. The van der Waals surface area contributed by atoms with Crippen LogP contribution in [0, 0.1) is 0 Å². The third-order valence-corrected chi connectivity index (χ3v) is 5.17. The van der Waals surface area contributed by atoms with Crippen molar-refractivity contribution in [1.82, 2.24) is 20.3 Å². The number of methoxy groups -OCH3 is 2. The maximum atomic E-state index is 5.73. The number of halogens is 1. The molecule has 0 saturated heterocycles. The first-order chi connectivity index (χ1) is 14.1. The standard InChI is InChI=1S/C19H15BrN4O4S/c1-25-14-7-12(8-15(9-14)26-2)18-22-23-19(27-18)29-10-16-21-17(24-28-16)11-4-3-5-13(20)6-11/h3-9H,10H2,1-2H3. The lowest BCUT2D eigenvalue weighted by Crippen LogP contribution is -1.88. The first-order valence-corrected chi connectivity index (χ1v) is 10.2. The van der Waals surface area contributed by atoms with Gasteiger partial charge in [-0.2, -0.15) is 4.98 Å². The second-order valence-corrected chi connectivity index (χ2v) is 7.63. The molecule has 2 aromatic carbocycles. The van der Waals surface area contributed by atoms with Gasteiger partial charge in [-0.15, -0.1) is 10.2 Å². The Morgan fingerprint density at radius 1 is 1.00 bits per heavy atom. The molecule has 8 nitrogen and oxygen atoms in total. The van der Waals surface area contributed by atoms with E-state index in [1.807, 2.05) is 24.3 Å². The second-order valence-electron chi connectivity index (χ2n) is 5.79. The van der Waals surface area contributed by atoms with Crippen molar-refractivity contribution in [2.75, 3.05) is 14.2 Å². The smallest absolute Gasteiger partial charge is 0.277 e. The number of ether oxygens (including phenoxy) is 2. The highest BCUT2D eigenvalue weighted by Crippen LogP contribution is 2.31. The number of benzene rings is 2. The minimum absolute atomic E-state index is 0.366. The molecule has 4 aromatic rings. The van der Waals surface area contributed by atoms with Gasteiger partial charge in [0.15, 0.2) is 0 Å². The third kappa shape index (κ3) is 4.60. The van der Waals surface area contributed by atoms with E-state index in [0.717, 1.165) is 10.0 Å². The Bertz CT molecular complexity index is 1110. The molecular formula is C19H15BrN4O4S. The highest BCUT2D eigenvalue weighted by molar-refractivity contribution is 9.10. The van der Waals surface area contributed by atoms with Gasteiger partial charge >= 0.3 is 0 Å². The molecule has 0 unspecified atom stereocenters. The van der Waals surface area contributed by atoms with Gasteiger partial charge < -0.3 is 18.4 Å². The maximum absolute atomic E-state index is 5.73. The molecular weight excluding hydrogens is 460 g/mol. The van der Waals surface area contributed by atoms with E-state index in [1.54, 1.807) is 32.4 Å². The molecule has 0 amide bonds. The lowest BCUT2D eigenvalue weighted by atomic mass is 10.2. The van der Waals surface area contributed by atoms with Crippen LogP contribution >= 0.6 is 27.7 Å². The van der Waals surface area contributed by atoms with Gasteiger partial charge in [0.25, 0.3) is 5.22 Å². The van der Waals surface area contributed by atoms with Crippen molar-refractivity contribution in [3.63, 3.8) is 0 Å². The number of rotatable bonds is 7. The van der Waals surface area contributed by atoms with Gasteiger partial charge in [0.2, 0.25) is 17.6 Å². The molecule has 0 aliphatic rings. The van der Waals surface area contributed by atoms with Gasteiger partial charge in [0.05, 0.1) is 20.0 Å². The summed E-state index contributed by atoms with van der Waals surface area (Å²) in [5.74, 6) is 3.04. The zero-order valence-electron chi connectivity index (χ0n) is 15.5. The van der Waals surface area contributed by atoms with Gasteiger partial charge in [-0.1, -0.05) is 45.0 Å². The third-order valence-electron chi connectivity index (χ3n) is 3.87. The summed E-state index contributed by atoms with van der Waals surface area (Å²) in [6.45, 7) is 0. The van der Waals surface area contributed by atoms with E-state index in [9.17, 15) is 0 Å². The number of thioether (sulfide) groups is 1. The Hall–Kier alpha value is -2.85. The second kappa shape index (κ2) is 8.66. The van der Waals surface area contributed by atoms with Crippen molar-refractivity contribution in [1.29, 1.82) is 0 Å². The molecule has 0 atom stereocenters. The summed E-state index contributed by atoms with van der Waals surface area (Å²) < 4.78 is 22.5. The van der Waals surface area contributed by atoms with Crippen molar-refractivity contribution < 1.29 is 18.4 Å². The summed E-state index contributed by atoms with van der Waals surface area (Å²) in [7, 11) is 3.17. The average molecular weight is 475 g/mol.